The highest BCUT2D eigenvalue weighted by molar-refractivity contribution is 6.33. The van der Waals surface area contributed by atoms with Crippen molar-refractivity contribution in [3.63, 3.8) is 0 Å². The van der Waals surface area contributed by atoms with E-state index in [1.54, 1.807) is 6.07 Å². The van der Waals surface area contributed by atoms with Gasteiger partial charge < -0.3 is 10.2 Å². The first kappa shape index (κ1) is 16.0. The Bertz CT molecular complexity index is 498. The fourth-order valence-corrected chi connectivity index (χ4v) is 2.68. The summed E-state index contributed by atoms with van der Waals surface area (Å²) in [5.41, 5.74) is 0.528. The summed E-state index contributed by atoms with van der Waals surface area (Å²) in [7, 11) is 0. The van der Waals surface area contributed by atoms with E-state index in [0.717, 1.165) is 32.7 Å². The van der Waals surface area contributed by atoms with Gasteiger partial charge in [0.2, 0.25) is 0 Å². The summed E-state index contributed by atoms with van der Waals surface area (Å²) in [5, 5.41) is 3.52. The predicted octanol–water partition coefficient (Wildman–Crippen LogP) is 2.33. The van der Waals surface area contributed by atoms with Crippen molar-refractivity contribution in [2.75, 3.05) is 38.0 Å². The number of carbonyl (C=O) groups is 1. The topological polar surface area (TPSA) is 48.5 Å². The Morgan fingerprint density at radius 1 is 1.38 bits per heavy atom. The zero-order valence-electron chi connectivity index (χ0n) is 12.9. The summed E-state index contributed by atoms with van der Waals surface area (Å²) in [6.45, 7) is 10.4. The minimum absolute atomic E-state index is 0.00930. The molecule has 0 unspecified atom stereocenters. The smallest absolute Gasteiger partial charge is 0.255 e. The van der Waals surface area contributed by atoms with E-state index in [2.05, 4.69) is 29.0 Å². The van der Waals surface area contributed by atoms with Crippen molar-refractivity contribution in [2.45, 2.75) is 26.8 Å². The van der Waals surface area contributed by atoms with Crippen molar-refractivity contribution < 1.29 is 4.79 Å². The lowest BCUT2D eigenvalue weighted by Crippen LogP contribution is -2.50. The molecule has 6 heteroatoms. The molecule has 1 aliphatic rings. The third kappa shape index (κ3) is 3.86. The molecule has 1 aliphatic heterocycles. The number of rotatable bonds is 4. The maximum absolute atomic E-state index is 12.6. The lowest BCUT2D eigenvalue weighted by atomic mass is 10.2. The first-order valence-electron chi connectivity index (χ1n) is 7.45. The van der Waals surface area contributed by atoms with Gasteiger partial charge in [0.15, 0.2) is 0 Å². The molecule has 0 saturated carbocycles. The van der Waals surface area contributed by atoms with Crippen molar-refractivity contribution in [1.29, 1.82) is 0 Å². The molecule has 116 valence electrons. The van der Waals surface area contributed by atoms with Crippen molar-refractivity contribution >= 4 is 23.3 Å². The zero-order chi connectivity index (χ0) is 15.4. The molecule has 1 aromatic heterocycles. The molecular weight excluding hydrogens is 288 g/mol. The number of hydrogen-bond acceptors (Lipinski definition) is 4. The number of anilines is 1. The molecule has 0 bridgehead atoms. The molecule has 1 fully saturated rings. The van der Waals surface area contributed by atoms with Gasteiger partial charge in [-0.15, -0.1) is 0 Å². The van der Waals surface area contributed by atoms with Gasteiger partial charge in [0.1, 0.15) is 5.82 Å². The molecule has 0 spiro atoms. The summed E-state index contributed by atoms with van der Waals surface area (Å²) in [6.07, 6.45) is 1.54. The summed E-state index contributed by atoms with van der Waals surface area (Å²) in [4.78, 5) is 21.0. The number of piperazine rings is 1. The van der Waals surface area contributed by atoms with Crippen LogP contribution in [-0.2, 0) is 0 Å². The molecule has 0 aliphatic carbocycles. The maximum atomic E-state index is 12.6. The van der Waals surface area contributed by atoms with E-state index in [0.29, 0.717) is 22.4 Å². The van der Waals surface area contributed by atoms with E-state index < -0.39 is 0 Å². The van der Waals surface area contributed by atoms with Crippen LogP contribution in [0.15, 0.2) is 12.3 Å². The Balaban J connectivity index is 2.08. The standard InChI is InChI=1S/C15H23ClN4O/c1-4-17-14-9-12(13(16)10-18-14)15(21)20-7-5-19(6-8-20)11(2)3/h9-11H,4-8H2,1-3H3,(H,17,18). The van der Waals surface area contributed by atoms with Gasteiger partial charge in [0.05, 0.1) is 10.6 Å². The number of pyridine rings is 1. The summed E-state index contributed by atoms with van der Waals surface area (Å²) in [5.74, 6) is 0.677. The number of nitrogens with one attached hydrogen (secondary N) is 1. The van der Waals surface area contributed by atoms with Crippen LogP contribution < -0.4 is 5.32 Å². The van der Waals surface area contributed by atoms with Gasteiger partial charge in [-0.25, -0.2) is 4.98 Å². The van der Waals surface area contributed by atoms with Gasteiger partial charge in [-0.05, 0) is 26.8 Å². The molecule has 1 N–H and O–H groups in total. The van der Waals surface area contributed by atoms with Crippen LogP contribution >= 0.6 is 11.6 Å². The van der Waals surface area contributed by atoms with Crippen LogP contribution in [0.25, 0.3) is 0 Å². The molecule has 0 atom stereocenters. The molecular formula is C15H23ClN4O. The number of amides is 1. The lowest BCUT2D eigenvalue weighted by Gasteiger charge is -2.37. The van der Waals surface area contributed by atoms with Gasteiger partial charge in [-0.1, -0.05) is 11.6 Å². The summed E-state index contributed by atoms with van der Waals surface area (Å²) in [6, 6.07) is 2.26. The highest BCUT2D eigenvalue weighted by Gasteiger charge is 2.24. The first-order valence-corrected chi connectivity index (χ1v) is 7.83. The normalized spacial score (nSPS) is 16.3. The molecule has 2 rings (SSSR count). The van der Waals surface area contributed by atoms with Gasteiger partial charge in [0, 0.05) is 45.0 Å². The number of halogens is 1. The maximum Gasteiger partial charge on any atom is 0.255 e. The molecule has 1 saturated heterocycles. The zero-order valence-corrected chi connectivity index (χ0v) is 13.7. The average molecular weight is 311 g/mol. The monoisotopic (exact) mass is 310 g/mol. The van der Waals surface area contributed by atoms with Gasteiger partial charge in [0.25, 0.3) is 5.91 Å². The second-order valence-electron chi connectivity index (χ2n) is 5.50. The van der Waals surface area contributed by atoms with Crippen molar-refractivity contribution in [3.05, 3.63) is 22.8 Å². The minimum Gasteiger partial charge on any atom is -0.370 e. The second-order valence-corrected chi connectivity index (χ2v) is 5.91. The fourth-order valence-electron chi connectivity index (χ4n) is 2.49. The third-order valence-electron chi connectivity index (χ3n) is 3.78. The van der Waals surface area contributed by atoms with Crippen LogP contribution in [0.2, 0.25) is 5.02 Å². The van der Waals surface area contributed by atoms with E-state index >= 15 is 0 Å². The van der Waals surface area contributed by atoms with Gasteiger partial charge in [-0.3, -0.25) is 9.69 Å². The van der Waals surface area contributed by atoms with E-state index in [9.17, 15) is 4.79 Å². The Kier molecular flexibility index (Phi) is 5.42. The van der Waals surface area contributed by atoms with E-state index in [1.165, 1.54) is 6.20 Å². The van der Waals surface area contributed by atoms with Crippen molar-refractivity contribution in [2.24, 2.45) is 0 Å². The van der Waals surface area contributed by atoms with Crippen LogP contribution in [0.1, 0.15) is 31.1 Å². The van der Waals surface area contributed by atoms with Crippen LogP contribution in [0.3, 0.4) is 0 Å². The highest BCUT2D eigenvalue weighted by atomic mass is 35.5. The molecule has 0 aromatic carbocycles. The molecule has 2 heterocycles. The largest absolute Gasteiger partial charge is 0.370 e. The Morgan fingerprint density at radius 2 is 2.05 bits per heavy atom. The van der Waals surface area contributed by atoms with E-state index in [-0.39, 0.29) is 5.91 Å². The number of nitrogens with zero attached hydrogens (tertiary/aromatic N) is 3. The number of aromatic nitrogens is 1. The summed E-state index contributed by atoms with van der Waals surface area (Å²) >= 11 is 6.14. The van der Waals surface area contributed by atoms with Crippen molar-refractivity contribution in [1.82, 2.24) is 14.8 Å². The average Bonchev–Trinajstić information content (AvgIpc) is 2.49. The number of hydrogen-bond donors (Lipinski definition) is 1. The van der Waals surface area contributed by atoms with Crippen LogP contribution in [0.4, 0.5) is 5.82 Å². The SMILES string of the molecule is CCNc1cc(C(=O)N2CCN(C(C)C)CC2)c(Cl)cn1. The second kappa shape index (κ2) is 7.09. The van der Waals surface area contributed by atoms with Crippen LogP contribution in [0, 0.1) is 0 Å². The molecule has 1 amide bonds. The Morgan fingerprint density at radius 3 is 2.62 bits per heavy atom. The van der Waals surface area contributed by atoms with E-state index in [4.69, 9.17) is 11.6 Å². The minimum atomic E-state index is -0.00930. The fraction of sp³-hybridized carbons (Fsp3) is 0.600. The molecule has 21 heavy (non-hydrogen) atoms. The third-order valence-corrected chi connectivity index (χ3v) is 4.08. The molecule has 0 radical (unpaired) electrons. The van der Waals surface area contributed by atoms with Gasteiger partial charge in [-0.2, -0.15) is 0 Å². The number of carbonyl (C=O) groups excluding carboxylic acids is 1. The van der Waals surface area contributed by atoms with E-state index in [1.807, 2.05) is 11.8 Å². The highest BCUT2D eigenvalue weighted by Crippen LogP contribution is 2.21. The summed E-state index contributed by atoms with van der Waals surface area (Å²) < 4.78 is 0. The van der Waals surface area contributed by atoms with Gasteiger partial charge >= 0.3 is 0 Å². The molecule has 1 aromatic rings. The first-order chi connectivity index (χ1) is 10.0. The molecule has 5 nitrogen and oxygen atoms in total. The predicted molar refractivity (Wildman–Crippen MR) is 86.0 cm³/mol. The van der Waals surface area contributed by atoms with Crippen LogP contribution in [-0.4, -0.2) is 59.5 Å². The quantitative estimate of drug-likeness (QED) is 0.927. The van der Waals surface area contributed by atoms with Crippen molar-refractivity contribution in [3.8, 4) is 0 Å². The Labute approximate surface area is 131 Å². The van der Waals surface area contributed by atoms with Crippen LogP contribution in [0.5, 0.6) is 0 Å². The Hall–Kier alpha value is -1.33. The lowest BCUT2D eigenvalue weighted by molar-refractivity contribution is 0.0595.